The van der Waals surface area contributed by atoms with Crippen molar-refractivity contribution in [2.45, 2.75) is 4.90 Å². The molecule has 1 rings (SSSR count). The molecule has 1 aromatic carbocycles. The Morgan fingerprint density at radius 1 is 1.08 bits per heavy atom. The van der Waals surface area contributed by atoms with Crippen molar-refractivity contribution in [2.24, 2.45) is 0 Å². The maximum atomic E-state index is 12.8. The van der Waals surface area contributed by atoms with Crippen LogP contribution in [-0.2, 0) is 0 Å². The Kier molecular flexibility index (Phi) is 3.44. The topological polar surface area (TPSA) is 0 Å². The van der Waals surface area contributed by atoms with Gasteiger partial charge in [-0.1, -0.05) is 0 Å². The minimum absolute atomic E-state index is 0.156. The van der Waals surface area contributed by atoms with Crippen molar-refractivity contribution in [1.82, 2.24) is 0 Å². The summed E-state index contributed by atoms with van der Waals surface area (Å²) in [5, 5.41) is -0.184. The van der Waals surface area contributed by atoms with E-state index in [0.29, 0.717) is 11.8 Å². The zero-order valence-electron chi connectivity index (χ0n) is 6.08. The minimum atomic E-state index is -1.42. The molecular formula is C7H3ClF4S. The lowest BCUT2D eigenvalue weighted by atomic mass is 10.3. The van der Waals surface area contributed by atoms with E-state index in [0.717, 1.165) is 0 Å². The maximum Gasteiger partial charge on any atom is 0.175 e. The predicted molar refractivity (Wildman–Crippen MR) is 42.9 cm³/mol. The number of hydrogen-bond acceptors (Lipinski definition) is 1. The first kappa shape index (κ1) is 10.7. The van der Waals surface area contributed by atoms with Gasteiger partial charge in [-0.25, -0.2) is 17.6 Å². The first-order valence-electron chi connectivity index (χ1n) is 3.09. The van der Waals surface area contributed by atoms with E-state index in [1.54, 1.807) is 0 Å². The fraction of sp³-hybridized carbons (Fsp3) is 0.143. The third-order valence-electron chi connectivity index (χ3n) is 1.27. The van der Waals surface area contributed by atoms with Gasteiger partial charge in [0, 0.05) is 6.07 Å². The number of alkyl halides is 1. The summed E-state index contributed by atoms with van der Waals surface area (Å²) >= 11 is 5.66. The molecule has 0 unspecified atom stereocenters. The highest BCUT2D eigenvalue weighted by Crippen LogP contribution is 2.29. The monoisotopic (exact) mass is 230 g/mol. The van der Waals surface area contributed by atoms with Crippen molar-refractivity contribution in [3.63, 3.8) is 0 Å². The van der Waals surface area contributed by atoms with Gasteiger partial charge < -0.3 is 0 Å². The van der Waals surface area contributed by atoms with Crippen LogP contribution < -0.4 is 0 Å². The van der Waals surface area contributed by atoms with Gasteiger partial charge in [0.2, 0.25) is 0 Å². The maximum absolute atomic E-state index is 12.8. The van der Waals surface area contributed by atoms with Gasteiger partial charge in [-0.05, 0) is 0 Å². The standard InChI is InChI=1S/C7H3ClF4S/c8-2-13-7-5(11)3(9)1-4(10)6(7)12/h1H,2H2. The summed E-state index contributed by atoms with van der Waals surface area (Å²) in [6, 6.07) is 0.156. The molecule has 72 valence electrons. The summed E-state index contributed by atoms with van der Waals surface area (Å²) in [6.07, 6.45) is 0. The first-order chi connectivity index (χ1) is 6.07. The Labute approximate surface area is 80.9 Å². The molecule has 13 heavy (non-hydrogen) atoms. The fourth-order valence-electron chi connectivity index (χ4n) is 0.733. The van der Waals surface area contributed by atoms with Crippen LogP contribution in [0.2, 0.25) is 0 Å². The Hall–Kier alpha value is -0.420. The zero-order valence-corrected chi connectivity index (χ0v) is 7.65. The summed E-state index contributed by atoms with van der Waals surface area (Å²) in [5.74, 6) is -5.67. The minimum Gasteiger partial charge on any atom is -0.204 e. The van der Waals surface area contributed by atoms with Crippen molar-refractivity contribution in [3.8, 4) is 0 Å². The second-order valence-corrected chi connectivity index (χ2v) is 3.62. The molecule has 0 spiro atoms. The van der Waals surface area contributed by atoms with Crippen LogP contribution in [0.4, 0.5) is 17.6 Å². The van der Waals surface area contributed by atoms with E-state index in [1.807, 2.05) is 0 Å². The first-order valence-corrected chi connectivity index (χ1v) is 4.61. The third-order valence-corrected chi connectivity index (χ3v) is 2.35. The highest BCUT2D eigenvalue weighted by molar-refractivity contribution is 8.00. The highest BCUT2D eigenvalue weighted by atomic mass is 35.5. The molecule has 0 aliphatic rings. The molecule has 0 atom stereocenters. The van der Waals surface area contributed by atoms with Crippen molar-refractivity contribution < 1.29 is 17.6 Å². The van der Waals surface area contributed by atoms with Crippen molar-refractivity contribution in [1.29, 1.82) is 0 Å². The lowest BCUT2D eigenvalue weighted by Gasteiger charge is -2.03. The van der Waals surface area contributed by atoms with Gasteiger partial charge in [0.15, 0.2) is 23.3 Å². The van der Waals surface area contributed by atoms with Crippen molar-refractivity contribution >= 4 is 23.4 Å². The molecule has 0 aliphatic heterocycles. The molecule has 6 heteroatoms. The average Bonchev–Trinajstić information content (AvgIpc) is 2.09. The van der Waals surface area contributed by atoms with Gasteiger partial charge in [0.05, 0.1) is 10.1 Å². The SMILES string of the molecule is Fc1cc(F)c(F)c(SCCl)c1F. The molecule has 0 nitrogen and oxygen atoms in total. The number of thioether (sulfide) groups is 1. The smallest absolute Gasteiger partial charge is 0.175 e. The third kappa shape index (κ3) is 2.08. The largest absolute Gasteiger partial charge is 0.204 e. The van der Waals surface area contributed by atoms with E-state index in [1.165, 1.54) is 0 Å². The van der Waals surface area contributed by atoms with E-state index < -0.39 is 28.2 Å². The average molecular weight is 231 g/mol. The summed E-state index contributed by atoms with van der Waals surface area (Å²) in [7, 11) is 0. The molecule has 1 aromatic rings. The van der Waals surface area contributed by atoms with E-state index in [-0.39, 0.29) is 11.3 Å². The molecule has 0 fully saturated rings. The number of hydrogen-bond donors (Lipinski definition) is 0. The summed E-state index contributed by atoms with van der Waals surface area (Å²) in [6.45, 7) is 0. The molecule has 0 bridgehead atoms. The normalized spacial score (nSPS) is 10.5. The molecule has 0 heterocycles. The lowest BCUT2D eigenvalue weighted by molar-refractivity contribution is 0.426. The van der Waals surface area contributed by atoms with Gasteiger partial charge in [-0.15, -0.1) is 23.4 Å². The van der Waals surface area contributed by atoms with Gasteiger partial charge in [0.25, 0.3) is 0 Å². The number of halogens is 5. The van der Waals surface area contributed by atoms with Crippen LogP contribution in [0, 0.1) is 23.3 Å². The van der Waals surface area contributed by atoms with E-state index in [9.17, 15) is 17.6 Å². The summed E-state index contributed by atoms with van der Waals surface area (Å²) < 4.78 is 50.5. The second kappa shape index (κ2) is 4.19. The zero-order chi connectivity index (χ0) is 10.0. The van der Waals surface area contributed by atoms with Gasteiger partial charge in [0.1, 0.15) is 0 Å². The quantitative estimate of drug-likeness (QED) is 0.324. The molecule has 0 saturated heterocycles. The van der Waals surface area contributed by atoms with E-state index >= 15 is 0 Å². The fourth-order valence-corrected chi connectivity index (χ4v) is 1.62. The van der Waals surface area contributed by atoms with Crippen LogP contribution in [-0.4, -0.2) is 5.21 Å². The van der Waals surface area contributed by atoms with Crippen LogP contribution in [0.5, 0.6) is 0 Å². The number of rotatable bonds is 2. The molecule has 0 aliphatic carbocycles. The van der Waals surface area contributed by atoms with E-state index in [4.69, 9.17) is 11.6 Å². The van der Waals surface area contributed by atoms with Crippen LogP contribution in [0.3, 0.4) is 0 Å². The second-order valence-electron chi connectivity index (χ2n) is 2.05. The van der Waals surface area contributed by atoms with E-state index in [2.05, 4.69) is 0 Å². The predicted octanol–water partition coefficient (Wildman–Crippen LogP) is 3.53. The summed E-state index contributed by atoms with van der Waals surface area (Å²) in [4.78, 5) is -0.729. The molecule has 0 aromatic heterocycles. The van der Waals surface area contributed by atoms with Crippen molar-refractivity contribution in [2.75, 3.05) is 5.21 Å². The van der Waals surface area contributed by atoms with Crippen LogP contribution in [0.15, 0.2) is 11.0 Å². The van der Waals surface area contributed by atoms with Crippen LogP contribution in [0.25, 0.3) is 0 Å². The molecule has 0 radical (unpaired) electrons. The number of benzene rings is 1. The van der Waals surface area contributed by atoms with Gasteiger partial charge >= 0.3 is 0 Å². The Balaban J connectivity index is 3.28. The summed E-state index contributed by atoms with van der Waals surface area (Å²) in [5.41, 5.74) is 0. The van der Waals surface area contributed by atoms with Gasteiger partial charge in [-0.3, -0.25) is 0 Å². The highest BCUT2D eigenvalue weighted by Gasteiger charge is 2.18. The van der Waals surface area contributed by atoms with Gasteiger partial charge in [-0.2, -0.15) is 0 Å². The molecule has 0 saturated carbocycles. The van der Waals surface area contributed by atoms with Crippen LogP contribution >= 0.6 is 23.4 Å². The molecule has 0 N–H and O–H groups in total. The Bertz CT molecular complexity index is 303. The molecule has 0 amide bonds. The lowest BCUT2D eigenvalue weighted by Crippen LogP contribution is -1.96. The van der Waals surface area contributed by atoms with Crippen molar-refractivity contribution in [3.05, 3.63) is 29.3 Å². The Morgan fingerprint density at radius 2 is 1.54 bits per heavy atom. The Morgan fingerprint density at radius 3 is 1.92 bits per heavy atom. The van der Waals surface area contributed by atoms with Crippen LogP contribution in [0.1, 0.15) is 0 Å². The molecular weight excluding hydrogens is 228 g/mol.